The first-order chi connectivity index (χ1) is 12.6. The summed E-state index contributed by atoms with van der Waals surface area (Å²) in [6, 6.07) is 7.76. The van der Waals surface area contributed by atoms with E-state index < -0.39 is 0 Å². The third-order valence-electron chi connectivity index (χ3n) is 4.04. The first-order valence-electron chi connectivity index (χ1n) is 8.85. The number of thioether (sulfide) groups is 1. The monoisotopic (exact) mass is 394 g/mol. The van der Waals surface area contributed by atoms with E-state index in [1.165, 1.54) is 11.8 Å². The summed E-state index contributed by atoms with van der Waals surface area (Å²) in [5.41, 5.74) is 0. The van der Waals surface area contributed by atoms with Crippen LogP contribution in [0.2, 0.25) is 5.02 Å². The Labute approximate surface area is 162 Å². The molecule has 0 unspecified atom stereocenters. The van der Waals surface area contributed by atoms with Gasteiger partial charge in [0.25, 0.3) is 0 Å². The molecule has 1 aliphatic rings. The number of aromatic nitrogens is 3. The highest BCUT2D eigenvalue weighted by Gasteiger charge is 2.31. The standard InChI is InChI=1S/C18H23ClN4O2S/c1-3-10-20-17(24)12(2)26-18-22-21-16(23(18)13-8-9-13)11-25-15-7-5-4-6-14(15)19/h4-7,12-13H,3,8-11H2,1-2H3,(H,20,24)/t12-/m0/s1. The number of carbonyl (C=O) groups excluding carboxylic acids is 1. The Bertz CT molecular complexity index is 763. The lowest BCUT2D eigenvalue weighted by Crippen LogP contribution is -2.31. The Morgan fingerprint density at radius 2 is 2.19 bits per heavy atom. The normalized spacial score (nSPS) is 14.9. The second-order valence-electron chi connectivity index (χ2n) is 6.27. The molecule has 1 heterocycles. The molecule has 1 fully saturated rings. The minimum atomic E-state index is -0.222. The zero-order valence-corrected chi connectivity index (χ0v) is 16.5. The van der Waals surface area contributed by atoms with Gasteiger partial charge in [-0.1, -0.05) is 42.4 Å². The molecular formula is C18H23ClN4O2S. The third kappa shape index (κ3) is 4.71. The Hall–Kier alpha value is -1.73. The highest BCUT2D eigenvalue weighted by atomic mass is 35.5. The Balaban J connectivity index is 1.68. The van der Waals surface area contributed by atoms with Crippen LogP contribution in [-0.2, 0) is 11.4 Å². The topological polar surface area (TPSA) is 69.0 Å². The predicted molar refractivity (Wildman–Crippen MR) is 103 cm³/mol. The Kier molecular flexibility index (Phi) is 6.43. The van der Waals surface area contributed by atoms with Crippen molar-refractivity contribution in [1.29, 1.82) is 0 Å². The van der Waals surface area contributed by atoms with Gasteiger partial charge in [-0.2, -0.15) is 0 Å². The number of halogens is 1. The average molecular weight is 395 g/mol. The highest BCUT2D eigenvalue weighted by Crippen LogP contribution is 2.39. The number of nitrogens with zero attached hydrogens (tertiary/aromatic N) is 3. The van der Waals surface area contributed by atoms with Gasteiger partial charge in [0.15, 0.2) is 11.0 Å². The van der Waals surface area contributed by atoms with Gasteiger partial charge in [-0.15, -0.1) is 10.2 Å². The van der Waals surface area contributed by atoms with Gasteiger partial charge in [0.2, 0.25) is 5.91 Å². The van der Waals surface area contributed by atoms with E-state index in [1.54, 1.807) is 6.07 Å². The van der Waals surface area contributed by atoms with Crippen molar-refractivity contribution >= 4 is 29.3 Å². The third-order valence-corrected chi connectivity index (χ3v) is 5.41. The van der Waals surface area contributed by atoms with Crippen LogP contribution in [0.4, 0.5) is 0 Å². The van der Waals surface area contributed by atoms with Crippen LogP contribution in [0.3, 0.4) is 0 Å². The summed E-state index contributed by atoms with van der Waals surface area (Å²) in [6.45, 7) is 4.91. The van der Waals surface area contributed by atoms with E-state index in [0.29, 0.717) is 30.0 Å². The van der Waals surface area contributed by atoms with E-state index >= 15 is 0 Å². The van der Waals surface area contributed by atoms with Gasteiger partial charge in [0.1, 0.15) is 12.4 Å². The van der Waals surface area contributed by atoms with Crippen LogP contribution in [0.1, 0.15) is 45.0 Å². The molecule has 0 bridgehead atoms. The van der Waals surface area contributed by atoms with Crippen LogP contribution < -0.4 is 10.1 Å². The second-order valence-corrected chi connectivity index (χ2v) is 7.99. The van der Waals surface area contributed by atoms with Crippen molar-refractivity contribution < 1.29 is 9.53 Å². The molecule has 1 aromatic heterocycles. The molecular weight excluding hydrogens is 372 g/mol. The molecule has 8 heteroatoms. The van der Waals surface area contributed by atoms with Crippen molar-refractivity contribution in [3.8, 4) is 5.75 Å². The fraction of sp³-hybridized carbons (Fsp3) is 0.500. The molecule has 0 saturated heterocycles. The van der Waals surface area contributed by atoms with E-state index in [-0.39, 0.29) is 11.2 Å². The number of carbonyl (C=O) groups is 1. The Morgan fingerprint density at radius 1 is 1.42 bits per heavy atom. The SMILES string of the molecule is CCCNC(=O)[C@H](C)Sc1nnc(COc2ccccc2Cl)n1C1CC1. The van der Waals surface area contributed by atoms with Crippen LogP contribution in [0.25, 0.3) is 0 Å². The molecule has 1 amide bonds. The van der Waals surface area contributed by atoms with Gasteiger partial charge in [0, 0.05) is 12.6 Å². The van der Waals surface area contributed by atoms with Crippen LogP contribution in [0.15, 0.2) is 29.4 Å². The molecule has 1 N–H and O–H groups in total. The molecule has 2 aromatic rings. The Morgan fingerprint density at radius 3 is 2.88 bits per heavy atom. The molecule has 0 aliphatic heterocycles. The molecule has 1 saturated carbocycles. The molecule has 3 rings (SSSR count). The lowest BCUT2D eigenvalue weighted by Gasteiger charge is -2.13. The summed E-state index contributed by atoms with van der Waals surface area (Å²) in [4.78, 5) is 12.1. The van der Waals surface area contributed by atoms with E-state index in [1.807, 2.05) is 32.0 Å². The number of ether oxygens (including phenoxy) is 1. The maximum Gasteiger partial charge on any atom is 0.233 e. The average Bonchev–Trinajstić information content (AvgIpc) is 3.40. The fourth-order valence-electron chi connectivity index (χ4n) is 2.49. The van der Waals surface area contributed by atoms with Crippen molar-refractivity contribution in [2.75, 3.05) is 6.54 Å². The maximum absolute atomic E-state index is 12.1. The van der Waals surface area contributed by atoms with Gasteiger partial charge < -0.3 is 10.1 Å². The molecule has 1 atom stereocenters. The van der Waals surface area contributed by atoms with Gasteiger partial charge in [-0.3, -0.25) is 9.36 Å². The van der Waals surface area contributed by atoms with Crippen LogP contribution >= 0.6 is 23.4 Å². The molecule has 140 valence electrons. The first-order valence-corrected chi connectivity index (χ1v) is 10.1. The summed E-state index contributed by atoms with van der Waals surface area (Å²) < 4.78 is 7.92. The number of hydrogen-bond donors (Lipinski definition) is 1. The summed E-state index contributed by atoms with van der Waals surface area (Å²) >= 11 is 7.58. The largest absolute Gasteiger partial charge is 0.484 e. The van der Waals surface area contributed by atoms with Gasteiger partial charge in [-0.05, 0) is 38.3 Å². The molecule has 6 nitrogen and oxygen atoms in total. The quantitative estimate of drug-likeness (QED) is 0.654. The molecule has 1 aromatic carbocycles. The molecule has 0 spiro atoms. The van der Waals surface area contributed by atoms with Crippen molar-refractivity contribution in [2.24, 2.45) is 0 Å². The van der Waals surface area contributed by atoms with E-state index in [0.717, 1.165) is 30.2 Å². The lowest BCUT2D eigenvalue weighted by molar-refractivity contribution is -0.120. The number of para-hydroxylation sites is 1. The van der Waals surface area contributed by atoms with Gasteiger partial charge >= 0.3 is 0 Å². The fourth-order valence-corrected chi connectivity index (χ4v) is 3.65. The summed E-state index contributed by atoms with van der Waals surface area (Å²) in [5.74, 6) is 1.41. The van der Waals surface area contributed by atoms with Gasteiger partial charge in [-0.25, -0.2) is 0 Å². The van der Waals surface area contributed by atoms with E-state index in [2.05, 4.69) is 20.1 Å². The van der Waals surface area contributed by atoms with Crippen molar-refractivity contribution in [3.05, 3.63) is 35.1 Å². The smallest absolute Gasteiger partial charge is 0.233 e. The summed E-state index contributed by atoms with van der Waals surface area (Å²) in [6.07, 6.45) is 3.12. The number of hydrogen-bond acceptors (Lipinski definition) is 5. The zero-order valence-electron chi connectivity index (χ0n) is 14.9. The van der Waals surface area contributed by atoms with Crippen LogP contribution in [0, 0.1) is 0 Å². The minimum absolute atomic E-state index is 0.0241. The summed E-state index contributed by atoms with van der Waals surface area (Å²) in [7, 11) is 0. The molecule has 26 heavy (non-hydrogen) atoms. The van der Waals surface area contributed by atoms with Crippen LogP contribution in [0.5, 0.6) is 5.75 Å². The zero-order chi connectivity index (χ0) is 18.5. The number of rotatable bonds is 9. The lowest BCUT2D eigenvalue weighted by atomic mass is 10.3. The number of amides is 1. The predicted octanol–water partition coefficient (Wildman–Crippen LogP) is 3.85. The number of benzene rings is 1. The molecule has 0 radical (unpaired) electrons. The number of nitrogens with one attached hydrogen (secondary N) is 1. The van der Waals surface area contributed by atoms with Crippen LogP contribution in [-0.4, -0.2) is 32.5 Å². The summed E-state index contributed by atoms with van der Waals surface area (Å²) in [5, 5.41) is 12.6. The molecule has 1 aliphatic carbocycles. The van der Waals surface area contributed by atoms with Crippen molar-refractivity contribution in [3.63, 3.8) is 0 Å². The van der Waals surface area contributed by atoms with E-state index in [4.69, 9.17) is 16.3 Å². The second kappa shape index (κ2) is 8.77. The van der Waals surface area contributed by atoms with Crippen molar-refractivity contribution in [2.45, 2.75) is 56.2 Å². The maximum atomic E-state index is 12.1. The first kappa shape index (κ1) is 19.0. The highest BCUT2D eigenvalue weighted by molar-refractivity contribution is 8.00. The van der Waals surface area contributed by atoms with E-state index in [9.17, 15) is 4.79 Å². The van der Waals surface area contributed by atoms with Gasteiger partial charge in [0.05, 0.1) is 10.3 Å². The van der Waals surface area contributed by atoms with Crippen molar-refractivity contribution in [1.82, 2.24) is 20.1 Å². The minimum Gasteiger partial charge on any atom is -0.484 e.